The number of amides is 2. The molecule has 1 aromatic carbocycles. The van der Waals surface area contributed by atoms with E-state index in [2.05, 4.69) is 0 Å². The lowest BCUT2D eigenvalue weighted by Crippen LogP contribution is -2.41. The van der Waals surface area contributed by atoms with E-state index in [0.29, 0.717) is 61.8 Å². The van der Waals surface area contributed by atoms with Crippen LogP contribution in [0.1, 0.15) is 43.0 Å². The van der Waals surface area contributed by atoms with Crippen LogP contribution in [0.3, 0.4) is 0 Å². The van der Waals surface area contributed by atoms with E-state index in [1.807, 2.05) is 0 Å². The molecule has 0 atom stereocenters. The Hall–Kier alpha value is -2.08. The summed E-state index contributed by atoms with van der Waals surface area (Å²) < 4.78 is 5.07. The van der Waals surface area contributed by atoms with Crippen LogP contribution in [0.4, 0.5) is 5.69 Å². The number of ether oxygens (including phenoxy) is 1. The highest BCUT2D eigenvalue weighted by molar-refractivity contribution is 6.31. The molecule has 3 rings (SSSR count). The van der Waals surface area contributed by atoms with Crippen LogP contribution in [0, 0.1) is 5.92 Å². The van der Waals surface area contributed by atoms with Gasteiger partial charge in [0.15, 0.2) is 0 Å². The summed E-state index contributed by atoms with van der Waals surface area (Å²) in [5, 5.41) is 0.497. The molecule has 0 aliphatic carbocycles. The molecule has 2 aliphatic rings. The van der Waals surface area contributed by atoms with Crippen molar-refractivity contribution in [3.8, 4) is 0 Å². The van der Waals surface area contributed by atoms with Gasteiger partial charge in [0.1, 0.15) is 0 Å². The Morgan fingerprint density at radius 3 is 2.58 bits per heavy atom. The van der Waals surface area contributed by atoms with E-state index in [1.54, 1.807) is 34.9 Å². The van der Waals surface area contributed by atoms with Crippen LogP contribution in [0.25, 0.3) is 0 Å². The fourth-order valence-electron chi connectivity index (χ4n) is 3.56. The topological polar surface area (TPSA) is 66.9 Å². The minimum absolute atomic E-state index is 0.0161. The monoisotopic (exact) mass is 378 g/mol. The Kier molecular flexibility index (Phi) is 5.81. The van der Waals surface area contributed by atoms with Gasteiger partial charge < -0.3 is 14.5 Å². The molecule has 0 bridgehead atoms. The Balaban J connectivity index is 1.75. The summed E-state index contributed by atoms with van der Waals surface area (Å²) in [7, 11) is 0. The number of rotatable bonds is 4. The lowest BCUT2D eigenvalue weighted by Gasteiger charge is -2.32. The van der Waals surface area contributed by atoms with Crippen LogP contribution in [0.15, 0.2) is 18.2 Å². The third-order valence-corrected chi connectivity index (χ3v) is 5.19. The molecule has 0 spiro atoms. The van der Waals surface area contributed by atoms with E-state index in [4.69, 9.17) is 16.3 Å². The number of piperidine rings is 1. The highest BCUT2D eigenvalue weighted by atomic mass is 35.5. The average Bonchev–Trinajstić information content (AvgIpc) is 3.07. The highest BCUT2D eigenvalue weighted by Crippen LogP contribution is 2.30. The van der Waals surface area contributed by atoms with Gasteiger partial charge in [0.2, 0.25) is 5.91 Å². The molecule has 0 aromatic heterocycles. The van der Waals surface area contributed by atoms with Gasteiger partial charge in [-0.3, -0.25) is 14.4 Å². The maximum atomic E-state index is 13.0. The molecule has 2 saturated heterocycles. The van der Waals surface area contributed by atoms with Crippen LogP contribution in [0.5, 0.6) is 0 Å². The van der Waals surface area contributed by atoms with Crippen molar-refractivity contribution in [3.05, 3.63) is 28.8 Å². The van der Waals surface area contributed by atoms with E-state index in [1.165, 1.54) is 0 Å². The number of hydrogen-bond donors (Lipinski definition) is 0. The van der Waals surface area contributed by atoms with Gasteiger partial charge in [-0.25, -0.2) is 0 Å². The first-order valence-corrected chi connectivity index (χ1v) is 9.45. The SMILES string of the molecule is CCOC(=O)C1CCN(C(=O)c2ccc(Cl)cc2N2CCCC2=O)CC1. The molecule has 2 heterocycles. The number of nitrogens with zero attached hydrogens (tertiary/aromatic N) is 2. The van der Waals surface area contributed by atoms with Crippen LogP contribution in [0.2, 0.25) is 5.02 Å². The normalized spacial score (nSPS) is 18.3. The van der Waals surface area contributed by atoms with Gasteiger partial charge >= 0.3 is 5.97 Å². The van der Waals surface area contributed by atoms with E-state index in [9.17, 15) is 14.4 Å². The van der Waals surface area contributed by atoms with E-state index < -0.39 is 0 Å². The van der Waals surface area contributed by atoms with Crippen molar-refractivity contribution in [2.75, 3.05) is 31.1 Å². The van der Waals surface area contributed by atoms with E-state index >= 15 is 0 Å². The number of likely N-dealkylation sites (tertiary alicyclic amines) is 1. The van der Waals surface area contributed by atoms with Gasteiger partial charge in [-0.2, -0.15) is 0 Å². The van der Waals surface area contributed by atoms with E-state index in [-0.39, 0.29) is 23.7 Å². The molecule has 6 nitrogen and oxygen atoms in total. The molecule has 2 aliphatic heterocycles. The molecule has 0 unspecified atom stereocenters. The smallest absolute Gasteiger partial charge is 0.309 e. The number of esters is 1. The Labute approximate surface area is 158 Å². The molecule has 7 heteroatoms. The van der Waals surface area contributed by atoms with Gasteiger partial charge in [0, 0.05) is 31.1 Å². The Bertz CT molecular complexity index is 713. The number of carbonyl (C=O) groups is 3. The second kappa shape index (κ2) is 8.08. The zero-order valence-electron chi connectivity index (χ0n) is 14.9. The summed E-state index contributed by atoms with van der Waals surface area (Å²) >= 11 is 6.10. The quantitative estimate of drug-likeness (QED) is 0.755. The molecular weight excluding hydrogens is 356 g/mol. The molecule has 0 N–H and O–H groups in total. The second-order valence-electron chi connectivity index (χ2n) is 6.63. The average molecular weight is 379 g/mol. The first-order chi connectivity index (χ1) is 12.5. The lowest BCUT2D eigenvalue weighted by molar-refractivity contribution is -0.149. The number of anilines is 1. The Morgan fingerprint density at radius 1 is 1.23 bits per heavy atom. The van der Waals surface area contributed by atoms with Crippen molar-refractivity contribution >= 4 is 35.1 Å². The summed E-state index contributed by atoms with van der Waals surface area (Å²) in [5.74, 6) is -0.445. The third kappa shape index (κ3) is 3.85. The predicted molar refractivity (Wildman–Crippen MR) is 98.3 cm³/mol. The molecular formula is C19H23ClN2O4. The molecule has 0 radical (unpaired) electrons. The summed E-state index contributed by atoms with van der Waals surface area (Å²) in [5.41, 5.74) is 1.07. The van der Waals surface area contributed by atoms with Crippen LogP contribution >= 0.6 is 11.6 Å². The number of carbonyl (C=O) groups excluding carboxylic acids is 3. The Morgan fingerprint density at radius 2 is 1.96 bits per heavy atom. The minimum atomic E-state index is -0.186. The first kappa shape index (κ1) is 18.7. The van der Waals surface area contributed by atoms with Crippen molar-refractivity contribution in [3.63, 3.8) is 0 Å². The van der Waals surface area contributed by atoms with Crippen LogP contribution in [-0.4, -0.2) is 48.9 Å². The predicted octanol–water partition coefficient (Wildman–Crippen LogP) is 2.88. The van der Waals surface area contributed by atoms with Crippen molar-refractivity contribution in [1.29, 1.82) is 0 Å². The summed E-state index contributed by atoms with van der Waals surface area (Å²) in [6.07, 6.45) is 2.46. The van der Waals surface area contributed by atoms with Crippen molar-refractivity contribution in [2.24, 2.45) is 5.92 Å². The van der Waals surface area contributed by atoms with Gasteiger partial charge in [-0.05, 0) is 44.4 Å². The van der Waals surface area contributed by atoms with Crippen LogP contribution in [-0.2, 0) is 14.3 Å². The fraction of sp³-hybridized carbons (Fsp3) is 0.526. The second-order valence-corrected chi connectivity index (χ2v) is 7.07. The lowest BCUT2D eigenvalue weighted by atomic mass is 9.96. The zero-order chi connectivity index (χ0) is 18.7. The fourth-order valence-corrected chi connectivity index (χ4v) is 3.73. The minimum Gasteiger partial charge on any atom is -0.466 e. The third-order valence-electron chi connectivity index (χ3n) is 4.96. The van der Waals surface area contributed by atoms with Crippen molar-refractivity contribution in [1.82, 2.24) is 4.90 Å². The maximum absolute atomic E-state index is 13.0. The molecule has 140 valence electrons. The highest BCUT2D eigenvalue weighted by Gasteiger charge is 2.31. The van der Waals surface area contributed by atoms with Gasteiger partial charge in [0.05, 0.1) is 23.8 Å². The largest absolute Gasteiger partial charge is 0.466 e. The molecule has 1 aromatic rings. The first-order valence-electron chi connectivity index (χ1n) is 9.07. The standard InChI is InChI=1S/C19H23ClN2O4/c1-2-26-19(25)13-7-10-21(11-8-13)18(24)15-6-5-14(20)12-16(15)22-9-3-4-17(22)23/h5-6,12-13H,2-4,7-11H2,1H3. The van der Waals surface area contributed by atoms with Crippen LogP contribution < -0.4 is 4.90 Å². The van der Waals surface area contributed by atoms with Gasteiger partial charge in [0.25, 0.3) is 5.91 Å². The molecule has 26 heavy (non-hydrogen) atoms. The molecule has 2 fully saturated rings. The number of hydrogen-bond acceptors (Lipinski definition) is 4. The number of halogens is 1. The van der Waals surface area contributed by atoms with Crippen molar-refractivity contribution in [2.45, 2.75) is 32.6 Å². The maximum Gasteiger partial charge on any atom is 0.309 e. The van der Waals surface area contributed by atoms with E-state index in [0.717, 1.165) is 6.42 Å². The summed E-state index contributed by atoms with van der Waals surface area (Å²) in [4.78, 5) is 40.4. The molecule has 0 saturated carbocycles. The number of benzene rings is 1. The summed E-state index contributed by atoms with van der Waals surface area (Å²) in [6.45, 7) is 3.76. The van der Waals surface area contributed by atoms with Gasteiger partial charge in [-0.15, -0.1) is 0 Å². The summed E-state index contributed by atoms with van der Waals surface area (Å²) in [6, 6.07) is 5.04. The van der Waals surface area contributed by atoms with Crippen molar-refractivity contribution < 1.29 is 19.1 Å². The zero-order valence-corrected chi connectivity index (χ0v) is 15.6. The molecule has 2 amide bonds. The van der Waals surface area contributed by atoms with Gasteiger partial charge in [-0.1, -0.05) is 11.6 Å².